The molecule has 172 valence electrons. The highest BCUT2D eigenvalue weighted by atomic mass is 16.6. The number of nitrogens with zero attached hydrogens (tertiary/aromatic N) is 2. The van der Waals surface area contributed by atoms with E-state index in [1.807, 2.05) is 30.3 Å². The maximum absolute atomic E-state index is 12.6. The molecule has 3 aromatic rings. The van der Waals surface area contributed by atoms with Gasteiger partial charge in [-0.25, -0.2) is 4.79 Å². The van der Waals surface area contributed by atoms with Gasteiger partial charge in [0.1, 0.15) is 0 Å². The summed E-state index contributed by atoms with van der Waals surface area (Å²) in [6.45, 7) is 0. The molecule has 3 aromatic carbocycles. The zero-order chi connectivity index (χ0) is 24.5. The number of amides is 1. The van der Waals surface area contributed by atoms with Gasteiger partial charge in [-0.1, -0.05) is 42.5 Å². The van der Waals surface area contributed by atoms with Gasteiger partial charge in [0.15, 0.2) is 5.92 Å². The Balaban J connectivity index is 1.56. The van der Waals surface area contributed by atoms with Gasteiger partial charge in [0.25, 0.3) is 5.69 Å². The van der Waals surface area contributed by atoms with Crippen molar-refractivity contribution in [3.63, 3.8) is 0 Å². The summed E-state index contributed by atoms with van der Waals surface area (Å²) in [5.74, 6) is -2.28. The number of rotatable bonds is 9. The number of methoxy groups -OCH3 is 1. The van der Waals surface area contributed by atoms with E-state index in [2.05, 4.69) is 5.32 Å². The minimum atomic E-state index is -1.30. The number of nitrogens with one attached hydrogen (secondary N) is 1. The van der Waals surface area contributed by atoms with Crippen molar-refractivity contribution in [1.82, 2.24) is 0 Å². The van der Waals surface area contributed by atoms with Gasteiger partial charge in [0.2, 0.25) is 5.91 Å². The molecule has 0 heterocycles. The Morgan fingerprint density at radius 2 is 1.59 bits per heavy atom. The standard InChI is InChI=1S/C26H23N3O5/c1-34-26(31)20-13-9-18(10-14-20)5-4-6-19-11-15-21(16-12-19)28-25(30)23(17-27)22-7-2-3-8-24(22)29(32)33/h2-3,7-16,23H,4-6H2,1H3,(H,28,30). The van der Waals surface area contributed by atoms with E-state index >= 15 is 0 Å². The van der Waals surface area contributed by atoms with E-state index in [0.29, 0.717) is 11.3 Å². The highest BCUT2D eigenvalue weighted by Crippen LogP contribution is 2.27. The number of para-hydroxylation sites is 1. The maximum Gasteiger partial charge on any atom is 0.337 e. The summed E-state index contributed by atoms with van der Waals surface area (Å²) in [6, 6.07) is 22.2. The Bertz CT molecular complexity index is 1210. The van der Waals surface area contributed by atoms with Crippen LogP contribution in [0.1, 0.15) is 39.4 Å². The van der Waals surface area contributed by atoms with Crippen LogP contribution >= 0.6 is 0 Å². The molecule has 0 bridgehead atoms. The monoisotopic (exact) mass is 457 g/mol. The molecule has 0 saturated carbocycles. The van der Waals surface area contributed by atoms with Crippen molar-refractivity contribution in [3.8, 4) is 6.07 Å². The number of aryl methyl sites for hydroxylation is 2. The predicted molar refractivity (Wildman–Crippen MR) is 126 cm³/mol. The summed E-state index contributed by atoms with van der Waals surface area (Å²) in [4.78, 5) is 34.8. The second-order valence-corrected chi connectivity index (χ2v) is 7.61. The summed E-state index contributed by atoms with van der Waals surface area (Å²) < 4.78 is 4.70. The van der Waals surface area contributed by atoms with Gasteiger partial charge in [0.05, 0.1) is 29.2 Å². The van der Waals surface area contributed by atoms with Crippen molar-refractivity contribution in [2.45, 2.75) is 25.2 Å². The van der Waals surface area contributed by atoms with Crippen molar-refractivity contribution in [2.24, 2.45) is 0 Å². The lowest BCUT2D eigenvalue weighted by molar-refractivity contribution is -0.385. The molecule has 1 amide bonds. The Morgan fingerprint density at radius 3 is 2.15 bits per heavy atom. The molecule has 8 heteroatoms. The number of esters is 1. The summed E-state index contributed by atoms with van der Waals surface area (Å²) in [7, 11) is 1.35. The first kappa shape index (κ1) is 24.1. The normalized spacial score (nSPS) is 11.2. The van der Waals surface area contributed by atoms with Crippen LogP contribution in [0.4, 0.5) is 11.4 Å². The number of hydrogen-bond acceptors (Lipinski definition) is 6. The first-order chi connectivity index (χ1) is 16.4. The van der Waals surface area contributed by atoms with Gasteiger partial charge in [0, 0.05) is 11.8 Å². The van der Waals surface area contributed by atoms with E-state index in [0.717, 1.165) is 30.4 Å². The fraction of sp³-hybridized carbons (Fsp3) is 0.192. The number of anilines is 1. The summed E-state index contributed by atoms with van der Waals surface area (Å²) in [5.41, 5.74) is 3.02. The molecule has 1 unspecified atom stereocenters. The Hall–Kier alpha value is -4.51. The third kappa shape index (κ3) is 6.04. The third-order valence-electron chi connectivity index (χ3n) is 5.36. The molecule has 3 rings (SSSR count). The van der Waals surface area contributed by atoms with Crippen LogP contribution in [0.3, 0.4) is 0 Å². The second kappa shape index (κ2) is 11.4. The molecule has 34 heavy (non-hydrogen) atoms. The van der Waals surface area contributed by atoms with Gasteiger partial charge in [-0.2, -0.15) is 5.26 Å². The van der Waals surface area contributed by atoms with Crippen LogP contribution in [-0.4, -0.2) is 23.9 Å². The van der Waals surface area contributed by atoms with Crippen molar-refractivity contribution in [1.29, 1.82) is 5.26 Å². The van der Waals surface area contributed by atoms with E-state index in [1.165, 1.54) is 25.3 Å². The first-order valence-electron chi connectivity index (χ1n) is 10.6. The van der Waals surface area contributed by atoms with Crippen molar-refractivity contribution >= 4 is 23.3 Å². The number of nitriles is 1. The molecule has 0 aliphatic rings. The minimum Gasteiger partial charge on any atom is -0.465 e. The van der Waals surface area contributed by atoms with Crippen LogP contribution < -0.4 is 5.32 Å². The van der Waals surface area contributed by atoms with Crippen LogP contribution in [0, 0.1) is 21.4 Å². The van der Waals surface area contributed by atoms with Crippen LogP contribution in [0.25, 0.3) is 0 Å². The number of hydrogen-bond donors (Lipinski definition) is 1. The number of carbonyl (C=O) groups is 2. The molecule has 1 N–H and O–H groups in total. The molecule has 0 aliphatic carbocycles. The third-order valence-corrected chi connectivity index (χ3v) is 5.36. The highest BCUT2D eigenvalue weighted by Gasteiger charge is 2.27. The van der Waals surface area contributed by atoms with Crippen LogP contribution in [0.5, 0.6) is 0 Å². The van der Waals surface area contributed by atoms with Gasteiger partial charge in [-0.05, 0) is 54.7 Å². The first-order valence-corrected chi connectivity index (χ1v) is 10.6. The topological polar surface area (TPSA) is 122 Å². The highest BCUT2D eigenvalue weighted by molar-refractivity contribution is 5.98. The van der Waals surface area contributed by atoms with Crippen molar-refractivity contribution in [3.05, 3.63) is 105 Å². The predicted octanol–water partition coefficient (Wildman–Crippen LogP) is 4.80. The summed E-state index contributed by atoms with van der Waals surface area (Å²) >= 11 is 0. The minimum absolute atomic E-state index is 0.0590. The van der Waals surface area contributed by atoms with Crippen LogP contribution in [0.15, 0.2) is 72.8 Å². The van der Waals surface area contributed by atoms with Gasteiger partial charge < -0.3 is 10.1 Å². The number of ether oxygens (including phenoxy) is 1. The lowest BCUT2D eigenvalue weighted by Gasteiger charge is -2.11. The Labute approximate surface area is 196 Å². The quantitative estimate of drug-likeness (QED) is 0.280. The fourth-order valence-corrected chi connectivity index (χ4v) is 3.56. The smallest absolute Gasteiger partial charge is 0.337 e. The fourth-order valence-electron chi connectivity index (χ4n) is 3.56. The number of nitro benzene ring substituents is 1. The van der Waals surface area contributed by atoms with Gasteiger partial charge >= 0.3 is 5.97 Å². The zero-order valence-corrected chi connectivity index (χ0v) is 18.6. The average molecular weight is 457 g/mol. The van der Waals surface area contributed by atoms with Crippen molar-refractivity contribution in [2.75, 3.05) is 12.4 Å². The number of carbonyl (C=O) groups excluding carboxylic acids is 2. The Morgan fingerprint density at radius 1 is 1.00 bits per heavy atom. The summed E-state index contributed by atoms with van der Waals surface area (Å²) in [5, 5.41) is 23.4. The van der Waals surface area contributed by atoms with Crippen LogP contribution in [0.2, 0.25) is 0 Å². The van der Waals surface area contributed by atoms with E-state index in [1.54, 1.807) is 30.3 Å². The SMILES string of the molecule is COC(=O)c1ccc(CCCc2ccc(NC(=O)C(C#N)c3ccccc3[N+](=O)[O-])cc2)cc1. The molecule has 0 aromatic heterocycles. The molecule has 0 radical (unpaired) electrons. The van der Waals surface area contributed by atoms with E-state index in [9.17, 15) is 25.0 Å². The second-order valence-electron chi connectivity index (χ2n) is 7.61. The van der Waals surface area contributed by atoms with Crippen LogP contribution in [-0.2, 0) is 22.4 Å². The maximum atomic E-state index is 12.6. The molecule has 8 nitrogen and oxygen atoms in total. The molecule has 0 aliphatic heterocycles. The van der Waals surface area contributed by atoms with E-state index in [4.69, 9.17) is 4.74 Å². The molecular weight excluding hydrogens is 434 g/mol. The molecule has 0 fully saturated rings. The largest absolute Gasteiger partial charge is 0.465 e. The average Bonchev–Trinajstić information content (AvgIpc) is 2.85. The van der Waals surface area contributed by atoms with Gasteiger partial charge in [-0.3, -0.25) is 14.9 Å². The van der Waals surface area contributed by atoms with Gasteiger partial charge in [-0.15, -0.1) is 0 Å². The zero-order valence-electron chi connectivity index (χ0n) is 18.6. The van der Waals surface area contributed by atoms with Crippen molar-refractivity contribution < 1.29 is 19.2 Å². The Kier molecular flexibility index (Phi) is 8.08. The molecule has 1 atom stereocenters. The molecule has 0 saturated heterocycles. The lowest BCUT2D eigenvalue weighted by Crippen LogP contribution is -2.20. The van der Waals surface area contributed by atoms with E-state index in [-0.39, 0.29) is 17.2 Å². The lowest BCUT2D eigenvalue weighted by atomic mass is 9.97. The molecular formula is C26H23N3O5. The molecule has 0 spiro atoms. The van der Waals surface area contributed by atoms with E-state index < -0.39 is 16.7 Å². The number of benzene rings is 3. The summed E-state index contributed by atoms with van der Waals surface area (Å²) in [6.07, 6.45) is 2.57. The number of nitro groups is 1.